The molecule has 2 N–H and O–H groups in total. The highest BCUT2D eigenvalue weighted by molar-refractivity contribution is 5.39. The second kappa shape index (κ2) is 8.31. The first-order valence-corrected chi connectivity index (χ1v) is 8.42. The van der Waals surface area contributed by atoms with Crippen LogP contribution in [0.1, 0.15) is 24.3 Å². The van der Waals surface area contributed by atoms with Gasteiger partial charge in [-0.1, -0.05) is 60.7 Å². The minimum Gasteiger partial charge on any atom is -0.375 e. The summed E-state index contributed by atoms with van der Waals surface area (Å²) in [6.07, 6.45) is 0.983. The fraction of sp³-hybridized carbons (Fsp3) is 0.200. The highest BCUT2D eigenvalue weighted by Gasteiger charge is 2.11. The smallest absolute Gasteiger partial charge is 0.330 e. The largest absolute Gasteiger partial charge is 0.375 e. The highest BCUT2D eigenvalue weighted by atomic mass is 16.5. The summed E-state index contributed by atoms with van der Waals surface area (Å²) in [5, 5.41) is 3.07. The van der Waals surface area contributed by atoms with Crippen LogP contribution in [0.4, 0.5) is 5.69 Å². The number of hydrogen-bond donors (Lipinski definition) is 2. The molecule has 3 rings (SSSR count). The maximum Gasteiger partial charge on any atom is 0.330 e. The van der Waals surface area contributed by atoms with Crippen molar-refractivity contribution in [2.75, 3.05) is 5.32 Å². The Labute approximate surface area is 151 Å². The molecule has 0 aliphatic heterocycles. The van der Waals surface area contributed by atoms with Crippen molar-refractivity contribution in [2.24, 2.45) is 0 Å². The molecule has 2 aromatic carbocycles. The Morgan fingerprint density at radius 3 is 2.27 bits per heavy atom. The monoisotopic (exact) mass is 351 g/mol. The molecule has 0 saturated carbocycles. The highest BCUT2D eigenvalue weighted by Crippen LogP contribution is 2.11. The van der Waals surface area contributed by atoms with Crippen LogP contribution in [0.2, 0.25) is 0 Å². The topological polar surface area (TPSA) is 76.1 Å². The van der Waals surface area contributed by atoms with Gasteiger partial charge in [0, 0.05) is 12.7 Å². The molecule has 6 nitrogen and oxygen atoms in total. The summed E-state index contributed by atoms with van der Waals surface area (Å²) in [4.78, 5) is 26.5. The standard InChI is InChI=1S/C20H21N3O3/c1-15(26-14-17-10-6-3-7-11-17)23-13-18(19(24)22-20(23)25)21-12-16-8-4-2-5-9-16/h2-11,13,15,21H,12,14H2,1H3,(H,22,24,25)/t15-/m0/s1. The van der Waals surface area contributed by atoms with Crippen LogP contribution in [0.15, 0.2) is 76.4 Å². The molecule has 1 atom stereocenters. The number of benzene rings is 2. The number of ether oxygens (including phenoxy) is 1. The fourth-order valence-corrected chi connectivity index (χ4v) is 2.55. The molecular formula is C20H21N3O3. The third-order valence-corrected chi connectivity index (χ3v) is 4.02. The third-order valence-electron chi connectivity index (χ3n) is 4.02. The molecule has 0 radical (unpaired) electrons. The lowest BCUT2D eigenvalue weighted by molar-refractivity contribution is 0.000938. The first-order chi connectivity index (χ1) is 12.6. The molecular weight excluding hydrogens is 330 g/mol. The zero-order valence-corrected chi connectivity index (χ0v) is 14.5. The van der Waals surface area contributed by atoms with Crippen molar-refractivity contribution in [3.63, 3.8) is 0 Å². The van der Waals surface area contributed by atoms with Gasteiger partial charge in [-0.3, -0.25) is 14.3 Å². The lowest BCUT2D eigenvalue weighted by Gasteiger charge is -2.17. The van der Waals surface area contributed by atoms with Crippen molar-refractivity contribution in [1.29, 1.82) is 0 Å². The van der Waals surface area contributed by atoms with E-state index in [0.29, 0.717) is 18.8 Å². The van der Waals surface area contributed by atoms with Crippen molar-refractivity contribution < 1.29 is 4.74 Å². The summed E-state index contributed by atoms with van der Waals surface area (Å²) in [5.74, 6) is 0. The zero-order chi connectivity index (χ0) is 18.4. The molecule has 1 heterocycles. The van der Waals surface area contributed by atoms with Gasteiger partial charge in [-0.05, 0) is 18.1 Å². The van der Waals surface area contributed by atoms with E-state index in [-0.39, 0.29) is 0 Å². The summed E-state index contributed by atoms with van der Waals surface area (Å²) in [7, 11) is 0. The Bertz CT molecular complexity index is 949. The summed E-state index contributed by atoms with van der Waals surface area (Å²) < 4.78 is 7.14. The van der Waals surface area contributed by atoms with Crippen LogP contribution < -0.4 is 16.6 Å². The molecule has 0 spiro atoms. The number of nitrogens with one attached hydrogen (secondary N) is 2. The number of anilines is 1. The molecule has 0 unspecified atom stereocenters. The van der Waals surface area contributed by atoms with Gasteiger partial charge in [-0.25, -0.2) is 4.79 Å². The van der Waals surface area contributed by atoms with Gasteiger partial charge in [-0.15, -0.1) is 0 Å². The number of rotatable bonds is 7. The van der Waals surface area contributed by atoms with E-state index >= 15 is 0 Å². The van der Waals surface area contributed by atoms with Gasteiger partial charge < -0.3 is 10.1 Å². The quantitative estimate of drug-likeness (QED) is 0.686. The van der Waals surface area contributed by atoms with Crippen molar-refractivity contribution in [1.82, 2.24) is 9.55 Å². The van der Waals surface area contributed by atoms with Crippen molar-refractivity contribution in [3.8, 4) is 0 Å². The number of H-pyrrole nitrogens is 1. The number of hydrogen-bond acceptors (Lipinski definition) is 4. The predicted octanol–water partition coefficient (Wildman–Crippen LogP) is 2.88. The Balaban J connectivity index is 1.72. The van der Waals surface area contributed by atoms with Gasteiger partial charge in [0.1, 0.15) is 11.9 Å². The van der Waals surface area contributed by atoms with Crippen LogP contribution in [0.25, 0.3) is 0 Å². The minimum absolute atomic E-state index is 0.323. The van der Waals surface area contributed by atoms with Gasteiger partial charge >= 0.3 is 5.69 Å². The van der Waals surface area contributed by atoms with Gasteiger partial charge in [-0.2, -0.15) is 0 Å². The van der Waals surface area contributed by atoms with Crippen LogP contribution in [-0.4, -0.2) is 9.55 Å². The molecule has 0 aliphatic rings. The number of aromatic nitrogens is 2. The Morgan fingerprint density at radius 1 is 1.00 bits per heavy atom. The van der Waals surface area contributed by atoms with Crippen molar-refractivity contribution >= 4 is 5.69 Å². The molecule has 0 saturated heterocycles. The molecule has 6 heteroatoms. The summed E-state index contributed by atoms with van der Waals surface area (Å²) in [6.45, 7) is 2.63. The SMILES string of the molecule is C[C@H](OCc1ccccc1)n1cc(NCc2ccccc2)c(=O)[nH]c1=O. The molecule has 134 valence electrons. The first kappa shape index (κ1) is 17.7. The van der Waals surface area contributed by atoms with Crippen molar-refractivity contribution in [3.05, 3.63) is 98.8 Å². The lowest BCUT2D eigenvalue weighted by atomic mass is 10.2. The maximum absolute atomic E-state index is 12.1. The molecule has 0 bridgehead atoms. The Morgan fingerprint density at radius 2 is 1.62 bits per heavy atom. The average molecular weight is 351 g/mol. The summed E-state index contributed by atoms with van der Waals surface area (Å²) in [6, 6.07) is 19.4. The van der Waals surface area contributed by atoms with E-state index in [0.717, 1.165) is 11.1 Å². The van der Waals surface area contributed by atoms with E-state index in [1.54, 1.807) is 6.92 Å². The minimum atomic E-state index is -0.517. The molecule has 26 heavy (non-hydrogen) atoms. The van der Waals surface area contributed by atoms with Crippen LogP contribution >= 0.6 is 0 Å². The average Bonchev–Trinajstić information content (AvgIpc) is 2.67. The van der Waals surface area contributed by atoms with Gasteiger partial charge in [0.2, 0.25) is 0 Å². The zero-order valence-electron chi connectivity index (χ0n) is 14.5. The first-order valence-electron chi connectivity index (χ1n) is 8.42. The predicted molar refractivity (Wildman–Crippen MR) is 101 cm³/mol. The second-order valence-electron chi connectivity index (χ2n) is 5.94. The molecule has 0 aliphatic carbocycles. The van der Waals surface area contributed by atoms with Crippen molar-refractivity contribution in [2.45, 2.75) is 26.3 Å². The van der Waals surface area contributed by atoms with E-state index in [9.17, 15) is 9.59 Å². The number of nitrogens with zero attached hydrogens (tertiary/aromatic N) is 1. The van der Waals surface area contributed by atoms with E-state index in [4.69, 9.17) is 4.74 Å². The van der Waals surface area contributed by atoms with Crippen LogP contribution in [0.5, 0.6) is 0 Å². The number of aromatic amines is 1. The van der Waals surface area contributed by atoms with E-state index in [2.05, 4.69) is 10.3 Å². The van der Waals surface area contributed by atoms with Crippen LogP contribution in [-0.2, 0) is 17.9 Å². The van der Waals surface area contributed by atoms with E-state index in [1.165, 1.54) is 10.8 Å². The molecule has 3 aromatic rings. The van der Waals surface area contributed by atoms with Gasteiger partial charge in [0.15, 0.2) is 0 Å². The molecule has 1 aromatic heterocycles. The summed E-state index contributed by atoms with van der Waals surface area (Å²) in [5.41, 5.74) is 1.43. The lowest BCUT2D eigenvalue weighted by Crippen LogP contribution is -2.33. The van der Waals surface area contributed by atoms with Gasteiger partial charge in [0.25, 0.3) is 5.56 Å². The van der Waals surface area contributed by atoms with Crippen LogP contribution in [0.3, 0.4) is 0 Å². The fourth-order valence-electron chi connectivity index (χ4n) is 2.55. The summed E-state index contributed by atoms with van der Waals surface area (Å²) >= 11 is 0. The molecule has 0 fully saturated rings. The Kier molecular flexibility index (Phi) is 5.66. The van der Waals surface area contributed by atoms with Crippen LogP contribution in [0, 0.1) is 0 Å². The molecule has 0 amide bonds. The maximum atomic E-state index is 12.1. The third kappa shape index (κ3) is 4.49. The normalized spacial score (nSPS) is 11.9. The van der Waals surface area contributed by atoms with E-state index in [1.807, 2.05) is 60.7 Å². The van der Waals surface area contributed by atoms with E-state index < -0.39 is 17.5 Å². The second-order valence-corrected chi connectivity index (χ2v) is 5.94. The van der Waals surface area contributed by atoms with Gasteiger partial charge in [0.05, 0.1) is 6.61 Å². The Hall–Kier alpha value is -3.12.